The molecule has 0 saturated carbocycles. The van der Waals surface area contributed by atoms with Crippen molar-refractivity contribution < 1.29 is 14.8 Å². The summed E-state index contributed by atoms with van der Waals surface area (Å²) in [5, 5.41) is 10.0. The predicted octanol–water partition coefficient (Wildman–Crippen LogP) is -0.704. The van der Waals surface area contributed by atoms with Crippen LogP contribution in [0.25, 0.3) is 0 Å². The number of nitrogens with two attached hydrogens (primary N) is 1. The summed E-state index contributed by atoms with van der Waals surface area (Å²) in [6.07, 6.45) is 1.62. The normalized spacial score (nSPS) is 30.7. The van der Waals surface area contributed by atoms with Crippen molar-refractivity contribution in [2.45, 2.75) is 19.0 Å². The third kappa shape index (κ3) is 1.00. The van der Waals surface area contributed by atoms with Crippen molar-refractivity contribution in [2.24, 2.45) is 5.73 Å². The van der Waals surface area contributed by atoms with Gasteiger partial charge in [0.05, 0.1) is 12.6 Å². The van der Waals surface area contributed by atoms with Gasteiger partial charge < -0.3 is 10.6 Å². The number of primary amides is 1. The molecule has 2 aliphatic rings. The maximum absolute atomic E-state index is 11.4. The van der Waals surface area contributed by atoms with Crippen molar-refractivity contribution in [3.63, 3.8) is 0 Å². The highest BCUT2D eigenvalue weighted by atomic mass is 16.5. The van der Waals surface area contributed by atoms with Gasteiger partial charge in [-0.05, 0) is 12.5 Å². The van der Waals surface area contributed by atoms with E-state index in [1.807, 2.05) is 0 Å². The molecule has 2 heterocycles. The van der Waals surface area contributed by atoms with Crippen LogP contribution in [0.1, 0.15) is 6.92 Å². The second kappa shape index (κ2) is 2.71. The Morgan fingerprint density at radius 2 is 2.36 bits per heavy atom. The summed E-state index contributed by atoms with van der Waals surface area (Å²) in [6, 6.07) is -1.62. The summed E-state index contributed by atoms with van der Waals surface area (Å²) in [5.74, 6) is -0.577. The smallest absolute Gasteiger partial charge is 0.345 e. The number of carbonyl (C=O) groups excluding carboxylic acids is 2. The molecule has 6 nitrogen and oxygen atoms in total. The molecule has 3 amide bonds. The highest BCUT2D eigenvalue weighted by molar-refractivity contribution is 5.89. The van der Waals surface area contributed by atoms with Gasteiger partial charge in [-0.2, -0.15) is 5.06 Å². The van der Waals surface area contributed by atoms with E-state index < -0.39 is 18.0 Å². The molecule has 2 aliphatic heterocycles. The summed E-state index contributed by atoms with van der Waals surface area (Å²) in [6.45, 7) is 2.09. The third-order valence-corrected chi connectivity index (χ3v) is 2.68. The quantitative estimate of drug-likeness (QED) is 0.430. The van der Waals surface area contributed by atoms with E-state index in [0.717, 1.165) is 5.57 Å². The number of amides is 3. The molecule has 3 N–H and O–H groups in total. The van der Waals surface area contributed by atoms with E-state index in [0.29, 0.717) is 11.6 Å². The lowest BCUT2D eigenvalue weighted by molar-refractivity contribution is -0.120. The summed E-state index contributed by atoms with van der Waals surface area (Å²) in [4.78, 5) is 23.7. The van der Waals surface area contributed by atoms with E-state index in [9.17, 15) is 14.8 Å². The maximum Gasteiger partial charge on any atom is 0.345 e. The minimum absolute atomic E-state index is 0.325. The number of urea groups is 1. The van der Waals surface area contributed by atoms with Crippen LogP contribution in [0.2, 0.25) is 0 Å². The first-order valence-corrected chi connectivity index (χ1v) is 4.28. The predicted molar refractivity (Wildman–Crippen MR) is 46.3 cm³/mol. The molecule has 6 heteroatoms. The fourth-order valence-electron chi connectivity index (χ4n) is 1.86. The Morgan fingerprint density at radius 1 is 1.71 bits per heavy atom. The lowest BCUT2D eigenvalue weighted by Crippen LogP contribution is -2.46. The van der Waals surface area contributed by atoms with E-state index in [2.05, 4.69) is 0 Å². The highest BCUT2D eigenvalue weighted by Crippen LogP contribution is 2.27. The Labute approximate surface area is 80.5 Å². The average molecular weight is 197 g/mol. The maximum atomic E-state index is 11.4. The molecule has 76 valence electrons. The minimum Gasteiger partial charge on any atom is -0.368 e. The zero-order valence-corrected chi connectivity index (χ0v) is 7.67. The van der Waals surface area contributed by atoms with E-state index >= 15 is 0 Å². The van der Waals surface area contributed by atoms with Gasteiger partial charge in [-0.3, -0.25) is 10.0 Å². The minimum atomic E-state index is -0.726. The number of rotatable bonds is 1. The van der Waals surface area contributed by atoms with E-state index in [1.54, 1.807) is 13.0 Å². The number of carbonyl (C=O) groups is 2. The van der Waals surface area contributed by atoms with E-state index in [1.165, 1.54) is 4.90 Å². The van der Waals surface area contributed by atoms with Gasteiger partial charge in [0.15, 0.2) is 0 Å². The van der Waals surface area contributed by atoms with Gasteiger partial charge in [-0.25, -0.2) is 4.79 Å². The van der Waals surface area contributed by atoms with Gasteiger partial charge in [-0.1, -0.05) is 6.08 Å². The number of hydrogen-bond donors (Lipinski definition) is 2. The van der Waals surface area contributed by atoms with E-state index in [-0.39, 0.29) is 6.04 Å². The van der Waals surface area contributed by atoms with Crippen LogP contribution in [0.5, 0.6) is 0 Å². The van der Waals surface area contributed by atoms with Crippen LogP contribution < -0.4 is 5.73 Å². The Hall–Kier alpha value is -1.56. The number of hydrogen-bond acceptors (Lipinski definition) is 3. The molecule has 14 heavy (non-hydrogen) atoms. The molecule has 2 bridgehead atoms. The van der Waals surface area contributed by atoms with Crippen LogP contribution >= 0.6 is 0 Å². The van der Waals surface area contributed by atoms with Crippen LogP contribution in [0, 0.1) is 0 Å². The van der Waals surface area contributed by atoms with Crippen molar-refractivity contribution >= 4 is 11.9 Å². The summed E-state index contributed by atoms with van der Waals surface area (Å²) in [7, 11) is 0. The second-order valence-electron chi connectivity index (χ2n) is 3.55. The largest absolute Gasteiger partial charge is 0.368 e. The number of hydroxylamine groups is 2. The monoisotopic (exact) mass is 197 g/mol. The molecule has 0 unspecified atom stereocenters. The van der Waals surface area contributed by atoms with Gasteiger partial charge in [0.2, 0.25) is 5.91 Å². The Balaban J connectivity index is 2.39. The summed E-state index contributed by atoms with van der Waals surface area (Å²) < 4.78 is 0. The van der Waals surface area contributed by atoms with Crippen molar-refractivity contribution in [3.8, 4) is 0 Å². The van der Waals surface area contributed by atoms with Crippen molar-refractivity contribution in [1.82, 2.24) is 9.96 Å². The number of nitrogens with zero attached hydrogens (tertiary/aromatic N) is 2. The highest BCUT2D eigenvalue weighted by Gasteiger charge is 2.45. The second-order valence-corrected chi connectivity index (χ2v) is 3.55. The van der Waals surface area contributed by atoms with Crippen LogP contribution in [0.3, 0.4) is 0 Å². The lowest BCUT2D eigenvalue weighted by atomic mass is 10.0. The molecule has 0 aromatic heterocycles. The first-order valence-electron chi connectivity index (χ1n) is 4.28. The molecule has 0 aromatic rings. The molecule has 1 fully saturated rings. The fourth-order valence-corrected chi connectivity index (χ4v) is 1.86. The SMILES string of the molecule is CC1=C[C@@H](C(N)=O)N2C[C@@H]1N(O)C2=O. The Kier molecular flexibility index (Phi) is 1.75. The third-order valence-electron chi connectivity index (χ3n) is 2.68. The van der Waals surface area contributed by atoms with Crippen LogP contribution in [0.4, 0.5) is 4.79 Å². The van der Waals surface area contributed by atoms with Gasteiger partial charge >= 0.3 is 6.03 Å². The zero-order valence-electron chi connectivity index (χ0n) is 7.67. The molecule has 0 aliphatic carbocycles. The van der Waals surface area contributed by atoms with Crippen molar-refractivity contribution in [3.05, 3.63) is 11.6 Å². The van der Waals surface area contributed by atoms with Gasteiger partial charge in [0.1, 0.15) is 6.04 Å². The van der Waals surface area contributed by atoms with Crippen LogP contribution in [-0.2, 0) is 4.79 Å². The lowest BCUT2D eigenvalue weighted by Gasteiger charge is -2.25. The fraction of sp³-hybridized carbons (Fsp3) is 0.500. The van der Waals surface area contributed by atoms with Crippen LogP contribution in [0.15, 0.2) is 11.6 Å². The molecule has 0 spiro atoms. The number of fused-ring (bicyclic) bond motifs is 2. The molecule has 2 atom stereocenters. The molecular weight excluding hydrogens is 186 g/mol. The standard InChI is InChI=1S/C8H11N3O3/c1-4-2-5(7(9)12)10-3-6(4)11(14)8(10)13/h2,5-6,14H,3H2,1H3,(H2,9,12)/t5-,6-/m0/s1. The topological polar surface area (TPSA) is 86.9 Å². The molecule has 0 aromatic carbocycles. The zero-order chi connectivity index (χ0) is 10.5. The molecular formula is C8H11N3O3. The summed E-state index contributed by atoms with van der Waals surface area (Å²) in [5.41, 5.74) is 5.93. The van der Waals surface area contributed by atoms with Crippen molar-refractivity contribution in [2.75, 3.05) is 6.54 Å². The van der Waals surface area contributed by atoms with Gasteiger partial charge in [0.25, 0.3) is 0 Å². The Bertz CT molecular complexity index is 339. The van der Waals surface area contributed by atoms with Crippen molar-refractivity contribution in [1.29, 1.82) is 0 Å². The van der Waals surface area contributed by atoms with Gasteiger partial charge in [-0.15, -0.1) is 0 Å². The molecule has 0 radical (unpaired) electrons. The summed E-state index contributed by atoms with van der Waals surface area (Å²) >= 11 is 0. The molecule has 1 saturated heterocycles. The van der Waals surface area contributed by atoms with Gasteiger partial charge in [0, 0.05) is 0 Å². The first-order chi connectivity index (χ1) is 6.52. The first kappa shape index (κ1) is 9.01. The van der Waals surface area contributed by atoms with Crippen LogP contribution in [-0.4, -0.2) is 45.7 Å². The Morgan fingerprint density at radius 3 is 2.93 bits per heavy atom. The average Bonchev–Trinajstić information content (AvgIpc) is 2.37. The molecule has 2 rings (SSSR count). The van der Waals surface area contributed by atoms with E-state index in [4.69, 9.17) is 5.73 Å².